The molecule has 0 saturated heterocycles. The topological polar surface area (TPSA) is 81.4 Å². The number of carbonyl (C=O) groups excluding carboxylic acids is 2. The van der Waals surface area contributed by atoms with Crippen LogP contribution in [0.1, 0.15) is 45.7 Å². The van der Waals surface area contributed by atoms with E-state index in [1.807, 2.05) is 31.2 Å². The first-order valence-electron chi connectivity index (χ1n) is 7.39. The van der Waals surface area contributed by atoms with Gasteiger partial charge in [-0.15, -0.1) is 0 Å². The molecule has 0 spiro atoms. The number of benzene rings is 2. The van der Waals surface area contributed by atoms with Crippen LogP contribution in [0.3, 0.4) is 0 Å². The van der Waals surface area contributed by atoms with E-state index in [4.69, 9.17) is 10.5 Å². The van der Waals surface area contributed by atoms with Gasteiger partial charge < -0.3 is 15.8 Å². The molecule has 5 nitrogen and oxygen atoms in total. The number of methoxy groups -OCH3 is 1. The van der Waals surface area contributed by atoms with Crippen LogP contribution in [0.5, 0.6) is 5.75 Å². The predicted molar refractivity (Wildman–Crippen MR) is 88.5 cm³/mol. The Bertz CT molecular complexity index is 678. The van der Waals surface area contributed by atoms with Crippen molar-refractivity contribution in [2.45, 2.75) is 19.4 Å². The Hall–Kier alpha value is -2.82. The summed E-state index contributed by atoms with van der Waals surface area (Å²) in [7, 11) is 1.61. The standard InChI is InChI=1S/C18H20N2O3/c1-3-16(12-8-10-15(23-2)11-9-12)20-18(22)14-6-4-13(5-7-14)17(19)21/h4-11,16H,3H2,1-2H3,(H2,19,21)(H,20,22). The molecule has 0 aliphatic carbocycles. The van der Waals surface area contributed by atoms with Crippen LogP contribution >= 0.6 is 0 Å². The molecule has 5 heteroatoms. The van der Waals surface area contributed by atoms with E-state index in [1.165, 1.54) is 0 Å². The Kier molecular flexibility index (Phi) is 5.36. The second-order valence-corrected chi connectivity index (χ2v) is 5.15. The molecule has 0 bridgehead atoms. The van der Waals surface area contributed by atoms with Gasteiger partial charge in [-0.3, -0.25) is 9.59 Å². The van der Waals surface area contributed by atoms with Gasteiger partial charge in [-0.25, -0.2) is 0 Å². The quantitative estimate of drug-likeness (QED) is 0.860. The lowest BCUT2D eigenvalue weighted by atomic mass is 10.0. The minimum atomic E-state index is -0.512. The third-order valence-electron chi connectivity index (χ3n) is 3.66. The minimum absolute atomic E-state index is 0.0933. The molecule has 0 aliphatic heterocycles. The first kappa shape index (κ1) is 16.5. The Morgan fingerprint density at radius 2 is 1.61 bits per heavy atom. The number of hydrogen-bond acceptors (Lipinski definition) is 3. The highest BCUT2D eigenvalue weighted by Gasteiger charge is 2.14. The first-order chi connectivity index (χ1) is 11.0. The third-order valence-corrected chi connectivity index (χ3v) is 3.66. The van der Waals surface area contributed by atoms with E-state index in [0.29, 0.717) is 11.1 Å². The fourth-order valence-corrected chi connectivity index (χ4v) is 2.28. The average molecular weight is 312 g/mol. The fraction of sp³-hybridized carbons (Fsp3) is 0.222. The smallest absolute Gasteiger partial charge is 0.251 e. The molecule has 3 N–H and O–H groups in total. The Morgan fingerprint density at radius 1 is 1.04 bits per heavy atom. The zero-order valence-electron chi connectivity index (χ0n) is 13.2. The van der Waals surface area contributed by atoms with Crippen molar-refractivity contribution in [1.82, 2.24) is 5.32 Å². The molecule has 2 aromatic carbocycles. The maximum absolute atomic E-state index is 12.3. The molecule has 0 heterocycles. The number of amides is 2. The van der Waals surface area contributed by atoms with Crippen molar-refractivity contribution in [2.75, 3.05) is 7.11 Å². The summed E-state index contributed by atoms with van der Waals surface area (Å²) in [5, 5.41) is 2.99. The van der Waals surface area contributed by atoms with Crippen LogP contribution in [0.25, 0.3) is 0 Å². The lowest BCUT2D eigenvalue weighted by Crippen LogP contribution is -2.28. The molecule has 2 aromatic rings. The van der Waals surface area contributed by atoms with E-state index in [1.54, 1.807) is 31.4 Å². The second kappa shape index (κ2) is 7.45. The van der Waals surface area contributed by atoms with Crippen LogP contribution in [-0.4, -0.2) is 18.9 Å². The summed E-state index contributed by atoms with van der Waals surface area (Å²) in [5.74, 6) is 0.0716. The summed E-state index contributed by atoms with van der Waals surface area (Å²) in [5.41, 5.74) is 7.07. The number of rotatable bonds is 6. The van der Waals surface area contributed by atoms with Gasteiger partial charge in [0.2, 0.25) is 5.91 Å². The average Bonchev–Trinajstić information content (AvgIpc) is 2.59. The Labute approximate surface area is 135 Å². The fourth-order valence-electron chi connectivity index (χ4n) is 2.28. The number of primary amides is 1. The van der Waals surface area contributed by atoms with Crippen LogP contribution in [0.15, 0.2) is 48.5 Å². The molecule has 1 atom stereocenters. The van der Waals surface area contributed by atoms with Gasteiger partial charge in [0.15, 0.2) is 0 Å². The molecule has 0 fully saturated rings. The number of nitrogens with one attached hydrogen (secondary N) is 1. The number of ether oxygens (including phenoxy) is 1. The van der Waals surface area contributed by atoms with E-state index in [2.05, 4.69) is 5.32 Å². The normalized spacial score (nSPS) is 11.6. The molecule has 0 aliphatic rings. The monoisotopic (exact) mass is 312 g/mol. The van der Waals surface area contributed by atoms with Crippen molar-refractivity contribution in [2.24, 2.45) is 5.73 Å². The van der Waals surface area contributed by atoms with E-state index < -0.39 is 5.91 Å². The lowest BCUT2D eigenvalue weighted by molar-refractivity contribution is 0.0933. The zero-order valence-corrected chi connectivity index (χ0v) is 13.2. The van der Waals surface area contributed by atoms with Crippen LogP contribution in [0.4, 0.5) is 0 Å². The molecule has 120 valence electrons. The van der Waals surface area contributed by atoms with Crippen LogP contribution in [0, 0.1) is 0 Å². The predicted octanol–water partition coefficient (Wildman–Crippen LogP) is 2.68. The number of hydrogen-bond donors (Lipinski definition) is 2. The van der Waals surface area contributed by atoms with Gasteiger partial charge in [0, 0.05) is 11.1 Å². The Morgan fingerprint density at radius 3 is 2.09 bits per heavy atom. The van der Waals surface area contributed by atoms with Crippen molar-refractivity contribution in [1.29, 1.82) is 0 Å². The van der Waals surface area contributed by atoms with Gasteiger partial charge in [-0.2, -0.15) is 0 Å². The van der Waals surface area contributed by atoms with Crippen LogP contribution < -0.4 is 15.8 Å². The van der Waals surface area contributed by atoms with Crippen molar-refractivity contribution >= 4 is 11.8 Å². The molecule has 0 aromatic heterocycles. The molecule has 2 amide bonds. The van der Waals surface area contributed by atoms with Crippen LogP contribution in [0.2, 0.25) is 0 Å². The van der Waals surface area contributed by atoms with Gasteiger partial charge in [-0.05, 0) is 48.4 Å². The Balaban J connectivity index is 2.10. The van der Waals surface area contributed by atoms with E-state index in [9.17, 15) is 9.59 Å². The molecule has 2 rings (SSSR count). The lowest BCUT2D eigenvalue weighted by Gasteiger charge is -2.18. The summed E-state index contributed by atoms with van der Waals surface area (Å²) in [6.45, 7) is 2.01. The highest BCUT2D eigenvalue weighted by atomic mass is 16.5. The van der Waals surface area contributed by atoms with Crippen molar-refractivity contribution < 1.29 is 14.3 Å². The number of nitrogens with two attached hydrogens (primary N) is 1. The molecule has 1 unspecified atom stereocenters. The first-order valence-corrected chi connectivity index (χ1v) is 7.39. The summed E-state index contributed by atoms with van der Waals surface area (Å²) in [4.78, 5) is 23.4. The molecule has 0 radical (unpaired) electrons. The minimum Gasteiger partial charge on any atom is -0.497 e. The second-order valence-electron chi connectivity index (χ2n) is 5.15. The molecular formula is C18H20N2O3. The van der Waals surface area contributed by atoms with E-state index in [-0.39, 0.29) is 11.9 Å². The molecule has 23 heavy (non-hydrogen) atoms. The molecule has 0 saturated carbocycles. The summed E-state index contributed by atoms with van der Waals surface area (Å²) in [6, 6.07) is 13.8. The maximum Gasteiger partial charge on any atom is 0.251 e. The highest BCUT2D eigenvalue weighted by molar-refractivity contribution is 5.97. The van der Waals surface area contributed by atoms with Crippen molar-refractivity contribution in [3.05, 3.63) is 65.2 Å². The van der Waals surface area contributed by atoms with Gasteiger partial charge >= 0.3 is 0 Å². The molecular weight excluding hydrogens is 292 g/mol. The summed E-state index contributed by atoms with van der Waals surface area (Å²) >= 11 is 0. The van der Waals surface area contributed by atoms with Crippen molar-refractivity contribution in [3.8, 4) is 5.75 Å². The van der Waals surface area contributed by atoms with E-state index >= 15 is 0 Å². The van der Waals surface area contributed by atoms with Gasteiger partial charge in [0.05, 0.1) is 13.2 Å². The largest absolute Gasteiger partial charge is 0.497 e. The van der Waals surface area contributed by atoms with Gasteiger partial charge in [0.1, 0.15) is 5.75 Å². The maximum atomic E-state index is 12.3. The van der Waals surface area contributed by atoms with Gasteiger partial charge in [-0.1, -0.05) is 19.1 Å². The zero-order chi connectivity index (χ0) is 16.8. The van der Waals surface area contributed by atoms with Crippen LogP contribution in [-0.2, 0) is 0 Å². The summed E-state index contributed by atoms with van der Waals surface area (Å²) in [6.07, 6.45) is 0.761. The van der Waals surface area contributed by atoms with E-state index in [0.717, 1.165) is 17.7 Å². The SMILES string of the molecule is CCC(NC(=O)c1ccc(C(N)=O)cc1)c1ccc(OC)cc1. The van der Waals surface area contributed by atoms with Crippen molar-refractivity contribution in [3.63, 3.8) is 0 Å². The summed E-state index contributed by atoms with van der Waals surface area (Å²) < 4.78 is 5.14. The highest BCUT2D eigenvalue weighted by Crippen LogP contribution is 2.20. The number of carbonyl (C=O) groups is 2. The van der Waals surface area contributed by atoms with Gasteiger partial charge in [0.25, 0.3) is 5.91 Å². The third kappa shape index (κ3) is 4.10.